The monoisotopic (exact) mass is 280 g/mol. The zero-order chi connectivity index (χ0) is 14.4. The van der Waals surface area contributed by atoms with Crippen LogP contribution in [0.15, 0.2) is 0 Å². The van der Waals surface area contributed by atoms with Crippen LogP contribution in [0.2, 0.25) is 0 Å². The summed E-state index contributed by atoms with van der Waals surface area (Å²) >= 11 is 0. The van der Waals surface area contributed by atoms with Crippen LogP contribution >= 0.6 is 0 Å². The van der Waals surface area contributed by atoms with E-state index in [-0.39, 0.29) is 5.91 Å². The summed E-state index contributed by atoms with van der Waals surface area (Å²) in [7, 11) is 1.66. The second-order valence-electron chi connectivity index (χ2n) is 5.87. The van der Waals surface area contributed by atoms with Crippen molar-refractivity contribution in [2.45, 2.75) is 32.1 Å². The number of carbonyl (C=O) groups excluding carboxylic acids is 1. The molecule has 0 spiro atoms. The third kappa shape index (κ3) is 3.31. The molecule has 5 nitrogen and oxygen atoms in total. The second-order valence-corrected chi connectivity index (χ2v) is 5.87. The molecular formula is C15H24N2O3. The van der Waals surface area contributed by atoms with Gasteiger partial charge in [0.25, 0.3) is 0 Å². The maximum Gasteiger partial charge on any atom is 0.243 e. The lowest BCUT2D eigenvalue weighted by molar-refractivity contribution is -0.137. The number of methoxy groups -OCH3 is 1. The predicted molar refractivity (Wildman–Crippen MR) is 73.9 cm³/mol. The molecular weight excluding hydrogens is 256 g/mol. The lowest BCUT2D eigenvalue weighted by Crippen LogP contribution is -2.41. The van der Waals surface area contributed by atoms with Crippen LogP contribution in [0.5, 0.6) is 0 Å². The van der Waals surface area contributed by atoms with Gasteiger partial charge in [0, 0.05) is 26.1 Å². The van der Waals surface area contributed by atoms with Crippen LogP contribution in [0.3, 0.4) is 0 Å². The molecule has 0 N–H and O–H groups in total. The molecule has 0 radical (unpaired) electrons. The van der Waals surface area contributed by atoms with E-state index in [0.29, 0.717) is 25.7 Å². The molecule has 1 atom stereocenters. The van der Waals surface area contributed by atoms with Crippen molar-refractivity contribution < 1.29 is 14.3 Å². The second kappa shape index (κ2) is 7.05. The number of nitrogens with zero attached hydrogens (tertiary/aromatic N) is 2. The Hall–Kier alpha value is -1.12. The van der Waals surface area contributed by atoms with Crippen LogP contribution < -0.4 is 0 Å². The highest BCUT2D eigenvalue weighted by Gasteiger charge is 2.45. The molecule has 1 amide bonds. The number of hydrogen-bond donors (Lipinski definition) is 0. The van der Waals surface area contributed by atoms with Gasteiger partial charge in [0.1, 0.15) is 5.41 Å². The molecule has 0 unspecified atom stereocenters. The van der Waals surface area contributed by atoms with E-state index in [1.54, 1.807) is 7.11 Å². The van der Waals surface area contributed by atoms with Crippen molar-refractivity contribution in [1.82, 2.24) is 4.90 Å². The Morgan fingerprint density at radius 2 is 2.15 bits per heavy atom. The van der Waals surface area contributed by atoms with Crippen LogP contribution in [0, 0.1) is 22.7 Å². The summed E-state index contributed by atoms with van der Waals surface area (Å²) in [6.07, 6.45) is 4.43. The Kier molecular flexibility index (Phi) is 5.38. The topological polar surface area (TPSA) is 62.6 Å². The van der Waals surface area contributed by atoms with Gasteiger partial charge >= 0.3 is 0 Å². The molecule has 0 aromatic heterocycles. The van der Waals surface area contributed by atoms with E-state index in [1.165, 1.54) is 0 Å². The number of hydrogen-bond acceptors (Lipinski definition) is 4. The Labute approximate surface area is 120 Å². The normalized spacial score (nSPS) is 24.8. The Morgan fingerprint density at radius 1 is 1.40 bits per heavy atom. The molecule has 1 aliphatic heterocycles. The molecule has 2 aliphatic rings. The van der Waals surface area contributed by atoms with E-state index in [9.17, 15) is 10.1 Å². The zero-order valence-electron chi connectivity index (χ0n) is 12.3. The van der Waals surface area contributed by atoms with Crippen molar-refractivity contribution in [2.75, 3.05) is 40.0 Å². The largest absolute Gasteiger partial charge is 0.382 e. The summed E-state index contributed by atoms with van der Waals surface area (Å²) in [4.78, 5) is 14.4. The molecule has 1 saturated carbocycles. The molecule has 1 saturated heterocycles. The van der Waals surface area contributed by atoms with E-state index in [1.807, 2.05) is 4.90 Å². The molecule has 20 heavy (non-hydrogen) atoms. The first-order chi connectivity index (χ1) is 9.72. The highest BCUT2D eigenvalue weighted by Crippen LogP contribution is 2.40. The predicted octanol–water partition coefficient (Wildman–Crippen LogP) is 1.58. The fourth-order valence-electron chi connectivity index (χ4n) is 3.20. The van der Waals surface area contributed by atoms with Crippen molar-refractivity contribution in [1.29, 1.82) is 5.26 Å². The molecule has 0 bridgehead atoms. The number of carbonyl (C=O) groups is 1. The fraction of sp³-hybridized carbons (Fsp3) is 0.867. The smallest absolute Gasteiger partial charge is 0.243 e. The highest BCUT2D eigenvalue weighted by atomic mass is 16.5. The van der Waals surface area contributed by atoms with E-state index in [0.717, 1.165) is 45.2 Å². The molecule has 5 heteroatoms. The van der Waals surface area contributed by atoms with Crippen LogP contribution in [-0.4, -0.2) is 50.8 Å². The summed E-state index contributed by atoms with van der Waals surface area (Å²) < 4.78 is 10.5. The van der Waals surface area contributed by atoms with Gasteiger partial charge in [0.05, 0.1) is 25.9 Å². The van der Waals surface area contributed by atoms with Gasteiger partial charge in [-0.1, -0.05) is 12.8 Å². The molecule has 0 aromatic carbocycles. The molecule has 0 aromatic rings. The number of likely N-dealkylation sites (tertiary alicyclic amines) is 1. The summed E-state index contributed by atoms with van der Waals surface area (Å²) in [5, 5.41) is 9.38. The molecule has 2 fully saturated rings. The molecule has 112 valence electrons. The van der Waals surface area contributed by atoms with Gasteiger partial charge in [0.2, 0.25) is 5.91 Å². The van der Waals surface area contributed by atoms with E-state index >= 15 is 0 Å². The third-order valence-corrected chi connectivity index (χ3v) is 4.44. The summed E-state index contributed by atoms with van der Waals surface area (Å²) in [6.45, 7) is 3.37. The van der Waals surface area contributed by atoms with Crippen molar-refractivity contribution in [3.63, 3.8) is 0 Å². The van der Waals surface area contributed by atoms with Crippen LogP contribution in [0.4, 0.5) is 0 Å². The Bertz CT molecular complexity index is 372. The van der Waals surface area contributed by atoms with Gasteiger partial charge < -0.3 is 14.4 Å². The third-order valence-electron chi connectivity index (χ3n) is 4.44. The van der Waals surface area contributed by atoms with Crippen molar-refractivity contribution in [2.24, 2.45) is 11.3 Å². The molecule has 1 heterocycles. The molecule has 1 aliphatic carbocycles. The fourth-order valence-corrected chi connectivity index (χ4v) is 3.20. The SMILES string of the molecule is COCCOC[C@@H]1CCN(C(=O)C2(C#N)CCCC2)C1. The quantitative estimate of drug-likeness (QED) is 0.693. The van der Waals surface area contributed by atoms with E-state index in [4.69, 9.17) is 9.47 Å². The number of nitriles is 1. The van der Waals surface area contributed by atoms with Gasteiger partial charge in [-0.15, -0.1) is 0 Å². The van der Waals surface area contributed by atoms with Crippen LogP contribution in [0.25, 0.3) is 0 Å². The minimum Gasteiger partial charge on any atom is -0.382 e. The first kappa shape index (κ1) is 15.3. The van der Waals surface area contributed by atoms with Gasteiger partial charge in [-0.25, -0.2) is 0 Å². The standard InChI is InChI=1S/C15H24N2O3/c1-19-8-9-20-11-13-4-7-17(10-13)14(18)15(12-16)5-2-3-6-15/h13H,2-11H2,1H3/t13-/m1/s1. The van der Waals surface area contributed by atoms with E-state index in [2.05, 4.69) is 6.07 Å². The van der Waals surface area contributed by atoms with Crippen molar-refractivity contribution in [3.8, 4) is 6.07 Å². The minimum atomic E-state index is -0.730. The summed E-state index contributed by atoms with van der Waals surface area (Å²) in [5.74, 6) is 0.449. The van der Waals surface area contributed by atoms with Crippen molar-refractivity contribution >= 4 is 5.91 Å². The van der Waals surface area contributed by atoms with Crippen molar-refractivity contribution in [3.05, 3.63) is 0 Å². The Balaban J connectivity index is 1.80. The zero-order valence-corrected chi connectivity index (χ0v) is 12.3. The number of rotatable bonds is 6. The average Bonchev–Trinajstić information content (AvgIpc) is 3.12. The maximum absolute atomic E-state index is 12.6. The van der Waals surface area contributed by atoms with Gasteiger partial charge in [-0.2, -0.15) is 5.26 Å². The van der Waals surface area contributed by atoms with E-state index < -0.39 is 5.41 Å². The lowest BCUT2D eigenvalue weighted by Gasteiger charge is -2.26. The maximum atomic E-state index is 12.6. The number of ether oxygens (including phenoxy) is 2. The average molecular weight is 280 g/mol. The Morgan fingerprint density at radius 3 is 2.80 bits per heavy atom. The number of amides is 1. The van der Waals surface area contributed by atoms with Gasteiger partial charge in [-0.3, -0.25) is 4.79 Å². The first-order valence-corrected chi connectivity index (χ1v) is 7.49. The summed E-state index contributed by atoms with van der Waals surface area (Å²) in [6, 6.07) is 2.29. The van der Waals surface area contributed by atoms with Crippen LogP contribution in [-0.2, 0) is 14.3 Å². The highest BCUT2D eigenvalue weighted by molar-refractivity contribution is 5.86. The van der Waals surface area contributed by atoms with Gasteiger partial charge in [0.15, 0.2) is 0 Å². The summed E-state index contributed by atoms with van der Waals surface area (Å²) in [5.41, 5.74) is -0.730. The first-order valence-electron chi connectivity index (χ1n) is 7.49. The molecule has 2 rings (SSSR count). The lowest BCUT2D eigenvalue weighted by atomic mass is 9.86. The minimum absolute atomic E-state index is 0.0527. The van der Waals surface area contributed by atoms with Gasteiger partial charge in [-0.05, 0) is 19.3 Å². The van der Waals surface area contributed by atoms with Crippen LogP contribution in [0.1, 0.15) is 32.1 Å².